The van der Waals surface area contributed by atoms with Gasteiger partial charge in [0.2, 0.25) is 15.9 Å². The van der Waals surface area contributed by atoms with Crippen LogP contribution in [0.3, 0.4) is 0 Å². The van der Waals surface area contributed by atoms with Crippen molar-refractivity contribution in [1.29, 1.82) is 0 Å². The van der Waals surface area contributed by atoms with Crippen LogP contribution in [0, 0.1) is 0 Å². The Morgan fingerprint density at radius 2 is 1.73 bits per heavy atom. The van der Waals surface area contributed by atoms with Crippen molar-refractivity contribution in [3.05, 3.63) is 29.8 Å². The largest absolute Gasteiger partial charge is 0.379 e. The highest BCUT2D eigenvalue weighted by Gasteiger charge is 2.25. The van der Waals surface area contributed by atoms with E-state index in [0.29, 0.717) is 45.8 Å². The number of hydrogen-bond donors (Lipinski definition) is 2. The molecule has 0 bridgehead atoms. The van der Waals surface area contributed by atoms with Crippen LogP contribution < -0.4 is 11.1 Å². The van der Waals surface area contributed by atoms with Crippen LogP contribution in [0.1, 0.15) is 37.7 Å². The topological polar surface area (TPSA) is 102 Å². The average Bonchev–Trinajstić information content (AvgIpc) is 2.67. The molecule has 0 radical (unpaired) electrons. The van der Waals surface area contributed by atoms with Crippen molar-refractivity contribution in [2.75, 3.05) is 32.8 Å². The molecule has 146 valence electrons. The molecule has 1 aliphatic rings. The van der Waals surface area contributed by atoms with Crippen molar-refractivity contribution < 1.29 is 17.9 Å². The van der Waals surface area contributed by atoms with Gasteiger partial charge in [-0.15, -0.1) is 0 Å². The normalized spacial score (nSPS) is 15.7. The zero-order valence-electron chi connectivity index (χ0n) is 15.2. The van der Waals surface area contributed by atoms with E-state index < -0.39 is 10.0 Å². The molecule has 0 unspecified atom stereocenters. The Kier molecular flexibility index (Phi) is 8.50. The molecule has 1 aliphatic heterocycles. The van der Waals surface area contributed by atoms with E-state index in [2.05, 4.69) is 5.32 Å². The van der Waals surface area contributed by atoms with Crippen LogP contribution in [0.15, 0.2) is 29.2 Å². The number of carbonyl (C=O) groups is 1. The summed E-state index contributed by atoms with van der Waals surface area (Å²) in [5.74, 6) is 0.0164. The number of hydrogen-bond acceptors (Lipinski definition) is 5. The summed E-state index contributed by atoms with van der Waals surface area (Å²) in [6.45, 7) is 2.71. The zero-order valence-corrected chi connectivity index (χ0v) is 16.0. The highest BCUT2D eigenvalue weighted by atomic mass is 32.2. The number of unbranched alkanes of at least 4 members (excludes halogenated alkanes) is 3. The molecule has 2 rings (SSSR count). The average molecular weight is 384 g/mol. The van der Waals surface area contributed by atoms with Gasteiger partial charge in [0.05, 0.1) is 18.1 Å². The molecule has 1 aromatic rings. The summed E-state index contributed by atoms with van der Waals surface area (Å²) in [6, 6.07) is 6.68. The lowest BCUT2D eigenvalue weighted by Gasteiger charge is -2.26. The molecule has 1 saturated heterocycles. The van der Waals surface area contributed by atoms with E-state index in [4.69, 9.17) is 10.5 Å². The highest BCUT2D eigenvalue weighted by molar-refractivity contribution is 7.89. The minimum atomic E-state index is -3.47. The smallest absolute Gasteiger partial charge is 0.243 e. The molecule has 0 atom stereocenters. The van der Waals surface area contributed by atoms with Crippen LogP contribution >= 0.6 is 0 Å². The zero-order chi connectivity index (χ0) is 18.8. The molecule has 26 heavy (non-hydrogen) atoms. The first kappa shape index (κ1) is 20.8. The van der Waals surface area contributed by atoms with Crippen molar-refractivity contribution in [2.45, 2.75) is 43.5 Å². The molecule has 1 amide bonds. The molecular formula is C18H29N3O4S. The molecule has 0 spiro atoms. The Hall–Kier alpha value is -1.48. The molecule has 0 aromatic heterocycles. The molecule has 1 fully saturated rings. The first-order chi connectivity index (χ1) is 12.5. The van der Waals surface area contributed by atoms with Gasteiger partial charge in [0, 0.05) is 26.1 Å². The maximum atomic E-state index is 12.6. The fourth-order valence-corrected chi connectivity index (χ4v) is 4.20. The third kappa shape index (κ3) is 6.35. The van der Waals surface area contributed by atoms with E-state index in [1.165, 1.54) is 4.31 Å². The summed E-state index contributed by atoms with van der Waals surface area (Å²) in [6.07, 6.45) is 4.44. The maximum Gasteiger partial charge on any atom is 0.243 e. The second-order valence-electron chi connectivity index (χ2n) is 6.39. The van der Waals surface area contributed by atoms with Crippen LogP contribution in [-0.4, -0.2) is 51.5 Å². The molecule has 1 heterocycles. The van der Waals surface area contributed by atoms with Crippen LogP contribution in [0.5, 0.6) is 0 Å². The Bertz CT molecular complexity index is 656. The number of nitrogens with one attached hydrogen (secondary N) is 1. The number of rotatable bonds is 10. The van der Waals surface area contributed by atoms with Crippen LogP contribution in [0.4, 0.5) is 0 Å². The van der Waals surface area contributed by atoms with Gasteiger partial charge in [-0.2, -0.15) is 4.31 Å². The standard InChI is InChI=1S/C18H29N3O4S/c19-10-4-2-1-3-5-18(22)20-15-16-6-8-17(9-7-16)26(23,24)21-11-13-25-14-12-21/h6-9H,1-5,10-15,19H2,(H,20,22). The number of nitrogens with two attached hydrogens (primary N) is 1. The maximum absolute atomic E-state index is 12.6. The molecule has 3 N–H and O–H groups in total. The van der Waals surface area contributed by atoms with E-state index >= 15 is 0 Å². The Morgan fingerprint density at radius 1 is 1.08 bits per heavy atom. The van der Waals surface area contributed by atoms with Gasteiger partial charge in [-0.05, 0) is 37.1 Å². The molecule has 0 saturated carbocycles. The Labute approximate surface area is 155 Å². The van der Waals surface area contributed by atoms with Gasteiger partial charge < -0.3 is 15.8 Å². The van der Waals surface area contributed by atoms with Crippen LogP contribution in [0.2, 0.25) is 0 Å². The second kappa shape index (κ2) is 10.6. The van der Waals surface area contributed by atoms with Crippen molar-refractivity contribution in [1.82, 2.24) is 9.62 Å². The number of carbonyl (C=O) groups excluding carboxylic acids is 1. The molecule has 8 heteroatoms. The number of amides is 1. The Balaban J connectivity index is 1.79. The van der Waals surface area contributed by atoms with Gasteiger partial charge in [0.25, 0.3) is 0 Å². The van der Waals surface area contributed by atoms with Gasteiger partial charge in [0.1, 0.15) is 0 Å². The summed E-state index contributed by atoms with van der Waals surface area (Å²) < 4.78 is 31.7. The van der Waals surface area contributed by atoms with Crippen molar-refractivity contribution >= 4 is 15.9 Å². The monoisotopic (exact) mass is 383 g/mol. The van der Waals surface area contributed by atoms with Crippen LogP contribution in [0.25, 0.3) is 0 Å². The first-order valence-corrected chi connectivity index (χ1v) is 10.6. The van der Waals surface area contributed by atoms with Crippen molar-refractivity contribution in [3.8, 4) is 0 Å². The lowest BCUT2D eigenvalue weighted by atomic mass is 10.1. The summed E-state index contributed by atoms with van der Waals surface area (Å²) in [5.41, 5.74) is 6.31. The SMILES string of the molecule is NCCCCCCC(=O)NCc1ccc(S(=O)(=O)N2CCOCC2)cc1. The fourth-order valence-electron chi connectivity index (χ4n) is 2.79. The van der Waals surface area contributed by atoms with Gasteiger partial charge in [-0.1, -0.05) is 25.0 Å². The van der Waals surface area contributed by atoms with Gasteiger partial charge in [-0.25, -0.2) is 8.42 Å². The molecule has 1 aromatic carbocycles. The van der Waals surface area contributed by atoms with E-state index in [1.54, 1.807) is 24.3 Å². The molecule has 0 aliphatic carbocycles. The molecular weight excluding hydrogens is 354 g/mol. The predicted molar refractivity (Wildman–Crippen MR) is 100 cm³/mol. The number of morpholine rings is 1. The van der Waals surface area contributed by atoms with E-state index in [0.717, 1.165) is 31.2 Å². The van der Waals surface area contributed by atoms with E-state index in [9.17, 15) is 13.2 Å². The summed E-state index contributed by atoms with van der Waals surface area (Å²) in [4.78, 5) is 12.1. The third-order valence-electron chi connectivity index (χ3n) is 4.38. The number of ether oxygens (including phenoxy) is 1. The fraction of sp³-hybridized carbons (Fsp3) is 0.611. The summed E-state index contributed by atoms with van der Waals surface area (Å²) >= 11 is 0. The van der Waals surface area contributed by atoms with Crippen LogP contribution in [-0.2, 0) is 26.1 Å². The minimum Gasteiger partial charge on any atom is -0.379 e. The highest BCUT2D eigenvalue weighted by Crippen LogP contribution is 2.17. The van der Waals surface area contributed by atoms with Crippen molar-refractivity contribution in [3.63, 3.8) is 0 Å². The lowest BCUT2D eigenvalue weighted by Crippen LogP contribution is -2.40. The number of benzene rings is 1. The quantitative estimate of drug-likeness (QED) is 0.592. The summed E-state index contributed by atoms with van der Waals surface area (Å²) in [7, 11) is -3.47. The lowest BCUT2D eigenvalue weighted by molar-refractivity contribution is -0.121. The van der Waals surface area contributed by atoms with Crippen molar-refractivity contribution in [2.24, 2.45) is 5.73 Å². The molecule has 7 nitrogen and oxygen atoms in total. The third-order valence-corrected chi connectivity index (χ3v) is 6.29. The second-order valence-corrected chi connectivity index (χ2v) is 8.33. The van der Waals surface area contributed by atoms with E-state index in [-0.39, 0.29) is 10.8 Å². The minimum absolute atomic E-state index is 0.0164. The van der Waals surface area contributed by atoms with Gasteiger partial charge in [0.15, 0.2) is 0 Å². The number of sulfonamides is 1. The summed E-state index contributed by atoms with van der Waals surface area (Å²) in [5, 5.41) is 2.87. The van der Waals surface area contributed by atoms with E-state index in [1.807, 2.05) is 0 Å². The van der Waals surface area contributed by atoms with Gasteiger partial charge in [-0.3, -0.25) is 4.79 Å². The van der Waals surface area contributed by atoms with Gasteiger partial charge >= 0.3 is 0 Å². The predicted octanol–water partition coefficient (Wildman–Crippen LogP) is 1.23. The Morgan fingerprint density at radius 3 is 2.38 bits per heavy atom. The number of nitrogens with zero attached hydrogens (tertiary/aromatic N) is 1. The first-order valence-electron chi connectivity index (χ1n) is 9.17.